The van der Waals surface area contributed by atoms with Gasteiger partial charge in [-0.25, -0.2) is 4.99 Å². The lowest BCUT2D eigenvalue weighted by molar-refractivity contribution is 0.643. The molecule has 0 aliphatic rings. The van der Waals surface area contributed by atoms with Crippen LogP contribution in [0.3, 0.4) is 0 Å². The zero-order valence-electron chi connectivity index (χ0n) is 11.1. The van der Waals surface area contributed by atoms with Gasteiger partial charge >= 0.3 is 0 Å². The predicted octanol–water partition coefficient (Wildman–Crippen LogP) is 2.90. The second kappa shape index (κ2) is 6.08. The molecule has 0 aliphatic heterocycles. The molecule has 0 fully saturated rings. The molecule has 1 aromatic carbocycles. The van der Waals surface area contributed by atoms with Gasteiger partial charge in [0.25, 0.3) is 0 Å². The lowest BCUT2D eigenvalue weighted by atomic mass is 10.3. The number of hydrogen-bond donors (Lipinski definition) is 2. The number of nitrogens with zero attached hydrogens (tertiary/aromatic N) is 4. The summed E-state index contributed by atoms with van der Waals surface area (Å²) in [7, 11) is 3.69. The number of halogens is 1. The van der Waals surface area contributed by atoms with E-state index in [9.17, 15) is 5.26 Å². The van der Waals surface area contributed by atoms with Gasteiger partial charge < -0.3 is 10.2 Å². The van der Waals surface area contributed by atoms with Crippen LogP contribution in [-0.4, -0.2) is 35.5 Å². The SMILES string of the molecule is CN(C)C=Nc1[nH]nc(Nc2cccc(Cl)c2)c1C#N. The van der Waals surface area contributed by atoms with E-state index in [0.29, 0.717) is 22.2 Å². The Morgan fingerprint density at radius 3 is 2.95 bits per heavy atom. The molecule has 2 N–H and O–H groups in total. The van der Waals surface area contributed by atoms with Crippen LogP contribution in [0.4, 0.5) is 17.3 Å². The number of aromatic nitrogens is 2. The minimum absolute atomic E-state index is 0.350. The average molecular weight is 289 g/mol. The zero-order valence-corrected chi connectivity index (χ0v) is 11.8. The third-order valence-corrected chi connectivity index (χ3v) is 2.60. The fraction of sp³-hybridized carbons (Fsp3) is 0.154. The number of nitrogens with one attached hydrogen (secondary N) is 2. The van der Waals surface area contributed by atoms with Crippen LogP contribution >= 0.6 is 11.6 Å². The number of hydrogen-bond acceptors (Lipinski definition) is 4. The van der Waals surface area contributed by atoms with Crippen molar-refractivity contribution in [3.63, 3.8) is 0 Å². The molecular weight excluding hydrogens is 276 g/mol. The van der Waals surface area contributed by atoms with E-state index in [2.05, 4.69) is 26.6 Å². The van der Waals surface area contributed by atoms with Gasteiger partial charge in [0.1, 0.15) is 11.6 Å². The van der Waals surface area contributed by atoms with Crippen molar-refractivity contribution in [2.24, 2.45) is 4.99 Å². The van der Waals surface area contributed by atoms with Crippen LogP contribution in [-0.2, 0) is 0 Å². The molecule has 2 rings (SSSR count). The molecule has 0 saturated heterocycles. The van der Waals surface area contributed by atoms with Crippen LogP contribution in [0.2, 0.25) is 5.02 Å². The quantitative estimate of drug-likeness (QED) is 0.669. The molecular formula is C13H13ClN6. The molecule has 1 aromatic heterocycles. The van der Waals surface area contributed by atoms with E-state index in [-0.39, 0.29) is 0 Å². The van der Waals surface area contributed by atoms with E-state index in [1.807, 2.05) is 26.2 Å². The molecule has 0 radical (unpaired) electrons. The number of aliphatic imine (C=N–C) groups is 1. The minimum Gasteiger partial charge on any atom is -0.369 e. The second-order valence-corrected chi connectivity index (χ2v) is 4.69. The summed E-state index contributed by atoms with van der Waals surface area (Å²) in [5, 5.41) is 19.6. The molecule has 0 amide bonds. The summed E-state index contributed by atoms with van der Waals surface area (Å²) >= 11 is 5.91. The lowest BCUT2D eigenvalue weighted by Crippen LogP contribution is -2.07. The highest BCUT2D eigenvalue weighted by Crippen LogP contribution is 2.26. The Morgan fingerprint density at radius 2 is 2.30 bits per heavy atom. The van der Waals surface area contributed by atoms with Crippen molar-refractivity contribution >= 4 is 35.3 Å². The third-order valence-electron chi connectivity index (χ3n) is 2.36. The maximum atomic E-state index is 9.22. The lowest BCUT2D eigenvalue weighted by Gasteiger charge is -2.03. The first-order valence-electron chi connectivity index (χ1n) is 5.82. The third kappa shape index (κ3) is 3.28. The summed E-state index contributed by atoms with van der Waals surface area (Å²) in [6.07, 6.45) is 1.59. The van der Waals surface area contributed by atoms with Gasteiger partial charge in [0.05, 0.1) is 6.34 Å². The summed E-state index contributed by atoms with van der Waals surface area (Å²) in [4.78, 5) is 5.92. The maximum Gasteiger partial charge on any atom is 0.172 e. The van der Waals surface area contributed by atoms with E-state index < -0.39 is 0 Å². The largest absolute Gasteiger partial charge is 0.369 e. The minimum atomic E-state index is 0.350. The number of rotatable bonds is 4. The molecule has 7 heteroatoms. The van der Waals surface area contributed by atoms with Crippen LogP contribution in [0.5, 0.6) is 0 Å². The average Bonchev–Trinajstić information content (AvgIpc) is 2.78. The molecule has 102 valence electrons. The van der Waals surface area contributed by atoms with E-state index in [4.69, 9.17) is 11.6 Å². The first-order valence-corrected chi connectivity index (χ1v) is 6.19. The highest BCUT2D eigenvalue weighted by atomic mass is 35.5. The Hall–Kier alpha value is -2.52. The zero-order chi connectivity index (χ0) is 14.5. The number of aromatic amines is 1. The Bertz CT molecular complexity index is 668. The van der Waals surface area contributed by atoms with Gasteiger partial charge in [0.15, 0.2) is 11.6 Å². The normalized spacial score (nSPS) is 10.5. The monoisotopic (exact) mass is 288 g/mol. The van der Waals surface area contributed by atoms with Gasteiger partial charge in [-0.2, -0.15) is 10.4 Å². The maximum absolute atomic E-state index is 9.22. The van der Waals surface area contributed by atoms with E-state index in [0.717, 1.165) is 5.69 Å². The molecule has 0 unspecified atom stereocenters. The van der Waals surface area contributed by atoms with Gasteiger partial charge in [0, 0.05) is 24.8 Å². The number of anilines is 2. The highest BCUT2D eigenvalue weighted by Gasteiger charge is 2.12. The molecule has 1 heterocycles. The predicted molar refractivity (Wildman–Crippen MR) is 79.9 cm³/mol. The van der Waals surface area contributed by atoms with E-state index in [1.165, 1.54) is 0 Å². The molecule has 0 bridgehead atoms. The first-order chi connectivity index (χ1) is 9.60. The van der Waals surface area contributed by atoms with Gasteiger partial charge in [-0.15, -0.1) is 0 Å². The highest BCUT2D eigenvalue weighted by molar-refractivity contribution is 6.30. The van der Waals surface area contributed by atoms with Crippen molar-refractivity contribution in [2.75, 3.05) is 19.4 Å². The molecule has 6 nitrogen and oxygen atoms in total. The van der Waals surface area contributed by atoms with E-state index >= 15 is 0 Å². The number of nitriles is 1. The smallest absolute Gasteiger partial charge is 0.172 e. The van der Waals surface area contributed by atoms with Gasteiger partial charge in [-0.05, 0) is 18.2 Å². The van der Waals surface area contributed by atoms with Gasteiger partial charge in [-0.1, -0.05) is 17.7 Å². The van der Waals surface area contributed by atoms with Crippen LogP contribution < -0.4 is 5.32 Å². The van der Waals surface area contributed by atoms with Gasteiger partial charge in [0.2, 0.25) is 0 Å². The molecule has 0 atom stereocenters. The van der Waals surface area contributed by atoms with Crippen molar-refractivity contribution < 1.29 is 0 Å². The van der Waals surface area contributed by atoms with Crippen LogP contribution in [0, 0.1) is 11.3 Å². The van der Waals surface area contributed by atoms with Crippen LogP contribution in [0.25, 0.3) is 0 Å². The van der Waals surface area contributed by atoms with E-state index in [1.54, 1.807) is 23.4 Å². The molecule has 0 spiro atoms. The Morgan fingerprint density at radius 1 is 1.50 bits per heavy atom. The fourth-order valence-corrected chi connectivity index (χ4v) is 1.69. The van der Waals surface area contributed by atoms with Crippen LogP contribution in [0.15, 0.2) is 29.3 Å². The summed E-state index contributed by atoms with van der Waals surface area (Å²) in [5.41, 5.74) is 1.10. The standard InChI is InChI=1S/C13H13ClN6/c1-20(2)8-16-12-11(7-15)13(19-18-12)17-10-5-3-4-9(14)6-10/h3-6,8H,1-2H3,(H2,17,18,19). The molecule has 0 aliphatic carbocycles. The Balaban J connectivity index is 2.27. The molecule has 20 heavy (non-hydrogen) atoms. The second-order valence-electron chi connectivity index (χ2n) is 4.25. The van der Waals surface area contributed by atoms with Crippen molar-refractivity contribution in [3.8, 4) is 6.07 Å². The first kappa shape index (κ1) is 13.9. The van der Waals surface area contributed by atoms with Crippen molar-refractivity contribution in [3.05, 3.63) is 34.9 Å². The van der Waals surface area contributed by atoms with Crippen molar-refractivity contribution in [1.29, 1.82) is 5.26 Å². The summed E-state index contributed by atoms with van der Waals surface area (Å²) in [5.74, 6) is 0.825. The Kier molecular flexibility index (Phi) is 4.23. The molecule has 2 aromatic rings. The fourth-order valence-electron chi connectivity index (χ4n) is 1.50. The summed E-state index contributed by atoms with van der Waals surface area (Å²) < 4.78 is 0. The summed E-state index contributed by atoms with van der Waals surface area (Å²) in [6.45, 7) is 0. The number of H-pyrrole nitrogens is 1. The number of benzene rings is 1. The van der Waals surface area contributed by atoms with Gasteiger partial charge in [-0.3, -0.25) is 5.10 Å². The van der Waals surface area contributed by atoms with Crippen LogP contribution in [0.1, 0.15) is 5.56 Å². The van der Waals surface area contributed by atoms with Crippen molar-refractivity contribution in [2.45, 2.75) is 0 Å². The van der Waals surface area contributed by atoms with Crippen molar-refractivity contribution in [1.82, 2.24) is 15.1 Å². The Labute approximate surface area is 121 Å². The molecule has 0 saturated carbocycles. The topological polar surface area (TPSA) is 80.1 Å². The summed E-state index contributed by atoms with van der Waals surface area (Å²) in [6, 6.07) is 9.26.